The highest BCUT2D eigenvalue weighted by atomic mass is 16.5. The fourth-order valence-electron chi connectivity index (χ4n) is 7.47. The molecular formula is C27H40O3. The standard InChI is InChI=1S/C27H40O3/c1-7-8-17-15-18-16-19(30-24(29)25(2,3)4)11-13-26(18,5)21-12-14-27(6)20(23(17)21)9-10-22(27)28/h7,16-17,19-21,23H,1,8-15H2,2-6H3/t17?,19?,20-,21+,23-,26-,27-/m0/s1. The van der Waals surface area contributed by atoms with Crippen molar-refractivity contribution in [1.82, 2.24) is 0 Å². The molecule has 0 bridgehead atoms. The lowest BCUT2D eigenvalue weighted by Crippen LogP contribution is -2.54. The highest BCUT2D eigenvalue weighted by Crippen LogP contribution is 2.66. The third kappa shape index (κ3) is 3.31. The molecular weight excluding hydrogens is 372 g/mol. The van der Waals surface area contributed by atoms with Crippen molar-refractivity contribution in [3.8, 4) is 0 Å². The van der Waals surface area contributed by atoms with Crippen molar-refractivity contribution in [2.75, 3.05) is 0 Å². The molecule has 0 N–H and O–H groups in total. The van der Waals surface area contributed by atoms with E-state index in [1.807, 2.05) is 20.8 Å². The lowest BCUT2D eigenvalue weighted by molar-refractivity contribution is -0.157. The van der Waals surface area contributed by atoms with Crippen molar-refractivity contribution in [3.63, 3.8) is 0 Å². The van der Waals surface area contributed by atoms with Gasteiger partial charge in [0.1, 0.15) is 11.9 Å². The zero-order valence-electron chi connectivity index (χ0n) is 19.6. The summed E-state index contributed by atoms with van der Waals surface area (Å²) in [4.78, 5) is 25.2. The highest BCUT2D eigenvalue weighted by Gasteiger charge is 2.61. The van der Waals surface area contributed by atoms with Crippen LogP contribution < -0.4 is 0 Å². The first kappa shape index (κ1) is 21.8. The van der Waals surface area contributed by atoms with Gasteiger partial charge in [0.15, 0.2) is 0 Å². The SMILES string of the molecule is C=CCC1CC2=CC(OC(=O)C(C)(C)C)CC[C@]2(C)[C@@H]2CC[C@]3(C)C(=O)CC[C@H]3[C@H]12. The molecule has 0 aromatic rings. The van der Waals surface area contributed by atoms with E-state index in [0.29, 0.717) is 29.5 Å². The predicted octanol–water partition coefficient (Wildman–Crippen LogP) is 6.28. The zero-order chi connectivity index (χ0) is 21.9. The van der Waals surface area contributed by atoms with Crippen LogP contribution in [0, 0.1) is 39.9 Å². The van der Waals surface area contributed by atoms with Crippen LogP contribution in [0.15, 0.2) is 24.3 Å². The van der Waals surface area contributed by atoms with Crippen molar-refractivity contribution in [1.29, 1.82) is 0 Å². The van der Waals surface area contributed by atoms with Crippen molar-refractivity contribution >= 4 is 11.8 Å². The molecule has 0 heterocycles. The lowest BCUT2D eigenvalue weighted by Gasteiger charge is -2.60. The molecule has 3 saturated carbocycles. The van der Waals surface area contributed by atoms with Crippen LogP contribution in [0.2, 0.25) is 0 Å². The molecule has 2 unspecified atom stereocenters. The summed E-state index contributed by atoms with van der Waals surface area (Å²) in [5.74, 6) is 2.73. The van der Waals surface area contributed by atoms with Crippen molar-refractivity contribution in [2.24, 2.45) is 39.9 Å². The molecule has 0 saturated heterocycles. The number of carbonyl (C=O) groups is 2. The molecule has 0 aromatic carbocycles. The number of hydrogen-bond acceptors (Lipinski definition) is 3. The Morgan fingerprint density at radius 1 is 1.17 bits per heavy atom. The summed E-state index contributed by atoms with van der Waals surface area (Å²) in [7, 11) is 0. The van der Waals surface area contributed by atoms with E-state index in [0.717, 1.165) is 51.4 Å². The largest absolute Gasteiger partial charge is 0.458 e. The van der Waals surface area contributed by atoms with Crippen LogP contribution in [0.5, 0.6) is 0 Å². The van der Waals surface area contributed by atoms with Gasteiger partial charge in [-0.3, -0.25) is 9.59 Å². The molecule has 0 aromatic heterocycles. The van der Waals surface area contributed by atoms with Crippen LogP contribution in [0.25, 0.3) is 0 Å². The molecule has 0 amide bonds. The van der Waals surface area contributed by atoms with Crippen LogP contribution in [-0.4, -0.2) is 17.9 Å². The van der Waals surface area contributed by atoms with Gasteiger partial charge >= 0.3 is 5.97 Å². The Balaban J connectivity index is 1.64. The van der Waals surface area contributed by atoms with Crippen molar-refractivity contribution in [2.45, 2.75) is 92.1 Å². The van der Waals surface area contributed by atoms with E-state index >= 15 is 0 Å². The third-order valence-electron chi connectivity index (χ3n) is 9.30. The van der Waals surface area contributed by atoms with E-state index < -0.39 is 5.41 Å². The molecule has 0 aliphatic heterocycles. The van der Waals surface area contributed by atoms with E-state index in [2.05, 4.69) is 32.6 Å². The summed E-state index contributed by atoms with van der Waals surface area (Å²) in [6.07, 6.45) is 12.4. The second-order valence-electron chi connectivity index (χ2n) is 12.0. The fraction of sp³-hybridized carbons (Fsp3) is 0.778. The van der Waals surface area contributed by atoms with Gasteiger partial charge in [0.25, 0.3) is 0 Å². The van der Waals surface area contributed by atoms with Gasteiger partial charge in [-0.2, -0.15) is 0 Å². The Morgan fingerprint density at radius 2 is 1.83 bits per heavy atom. The van der Waals surface area contributed by atoms with Crippen LogP contribution in [0.3, 0.4) is 0 Å². The van der Waals surface area contributed by atoms with Gasteiger partial charge in [0.2, 0.25) is 0 Å². The number of esters is 1. The van der Waals surface area contributed by atoms with Crippen LogP contribution in [-0.2, 0) is 14.3 Å². The van der Waals surface area contributed by atoms with Crippen LogP contribution >= 0.6 is 0 Å². The molecule has 3 heteroatoms. The maximum Gasteiger partial charge on any atom is 0.311 e. The first-order valence-electron chi connectivity index (χ1n) is 12.1. The molecule has 7 atom stereocenters. The van der Waals surface area contributed by atoms with Gasteiger partial charge in [0.05, 0.1) is 5.41 Å². The number of ketones is 1. The fourth-order valence-corrected chi connectivity index (χ4v) is 7.47. The monoisotopic (exact) mass is 412 g/mol. The van der Waals surface area contributed by atoms with E-state index in [9.17, 15) is 9.59 Å². The maximum atomic E-state index is 12.8. The number of carbonyl (C=O) groups excluding carboxylic acids is 2. The second-order valence-corrected chi connectivity index (χ2v) is 12.0. The Hall–Kier alpha value is -1.38. The maximum absolute atomic E-state index is 12.8. The first-order valence-corrected chi connectivity index (χ1v) is 12.1. The molecule has 4 aliphatic rings. The van der Waals surface area contributed by atoms with Gasteiger partial charge in [-0.25, -0.2) is 0 Å². The lowest BCUT2D eigenvalue weighted by atomic mass is 9.44. The minimum Gasteiger partial charge on any atom is -0.458 e. The van der Waals surface area contributed by atoms with E-state index in [4.69, 9.17) is 4.74 Å². The molecule has 3 fully saturated rings. The van der Waals surface area contributed by atoms with Gasteiger partial charge in [-0.15, -0.1) is 6.58 Å². The summed E-state index contributed by atoms with van der Waals surface area (Å²) in [6, 6.07) is 0. The van der Waals surface area contributed by atoms with Gasteiger partial charge < -0.3 is 4.74 Å². The molecule has 0 spiro atoms. The quantitative estimate of drug-likeness (QED) is 0.405. The number of hydrogen-bond donors (Lipinski definition) is 0. The summed E-state index contributed by atoms with van der Waals surface area (Å²) < 4.78 is 5.90. The molecule has 3 nitrogen and oxygen atoms in total. The van der Waals surface area contributed by atoms with Crippen LogP contribution in [0.1, 0.15) is 86.0 Å². The van der Waals surface area contributed by atoms with E-state index in [1.165, 1.54) is 5.57 Å². The first-order chi connectivity index (χ1) is 14.0. The minimum absolute atomic E-state index is 0.0948. The summed E-state index contributed by atoms with van der Waals surface area (Å²) in [5.41, 5.74) is 1.12. The minimum atomic E-state index is -0.467. The summed E-state index contributed by atoms with van der Waals surface area (Å²) in [5, 5.41) is 0. The molecule has 4 rings (SSSR count). The second kappa shape index (κ2) is 7.35. The topological polar surface area (TPSA) is 43.4 Å². The number of ether oxygens (including phenoxy) is 1. The van der Waals surface area contributed by atoms with E-state index in [-0.39, 0.29) is 22.9 Å². The van der Waals surface area contributed by atoms with Crippen LogP contribution in [0.4, 0.5) is 0 Å². The van der Waals surface area contributed by atoms with Gasteiger partial charge in [0, 0.05) is 11.8 Å². The van der Waals surface area contributed by atoms with Gasteiger partial charge in [-0.1, -0.05) is 25.5 Å². The van der Waals surface area contributed by atoms with Crippen molar-refractivity contribution < 1.29 is 14.3 Å². The zero-order valence-corrected chi connectivity index (χ0v) is 19.6. The number of Topliss-reactive ketones (excluding diaryl/α,β-unsaturated/α-hetero) is 1. The number of fused-ring (bicyclic) bond motifs is 5. The molecule has 166 valence electrons. The predicted molar refractivity (Wildman–Crippen MR) is 120 cm³/mol. The Morgan fingerprint density at radius 3 is 2.50 bits per heavy atom. The average Bonchev–Trinajstić information content (AvgIpc) is 2.97. The summed E-state index contributed by atoms with van der Waals surface area (Å²) in [6.45, 7) is 14.5. The Kier molecular flexibility index (Phi) is 5.35. The van der Waals surface area contributed by atoms with Gasteiger partial charge in [-0.05, 0) is 101 Å². The van der Waals surface area contributed by atoms with Crippen molar-refractivity contribution in [3.05, 3.63) is 24.3 Å². The molecule has 4 aliphatic carbocycles. The highest BCUT2D eigenvalue weighted by molar-refractivity contribution is 5.87. The average molecular weight is 413 g/mol. The summed E-state index contributed by atoms with van der Waals surface area (Å²) >= 11 is 0. The Bertz CT molecular complexity index is 771. The number of allylic oxidation sites excluding steroid dienone is 2. The van der Waals surface area contributed by atoms with E-state index in [1.54, 1.807) is 0 Å². The molecule has 0 radical (unpaired) electrons. The number of rotatable bonds is 3. The normalized spacial score (nSPS) is 43.2. The molecule has 30 heavy (non-hydrogen) atoms. The smallest absolute Gasteiger partial charge is 0.311 e. The third-order valence-corrected chi connectivity index (χ3v) is 9.30. The Labute approximate surface area is 182 Å².